The minimum absolute atomic E-state index is 0.308. The number of benzene rings is 1. The first-order valence-corrected chi connectivity index (χ1v) is 4.22. The molecule has 3 N–H and O–H groups in total. The number of hydrogen-bond acceptors (Lipinski definition) is 2. The molecule has 2 nitrogen and oxygen atoms in total. The Labute approximate surface area is 77.2 Å². The summed E-state index contributed by atoms with van der Waals surface area (Å²) in [5.74, 6) is -0.308. The van der Waals surface area contributed by atoms with Gasteiger partial charge in [0.2, 0.25) is 0 Å². The van der Waals surface area contributed by atoms with E-state index in [4.69, 9.17) is 5.73 Å². The zero-order valence-electron chi connectivity index (χ0n) is 7.79. The lowest BCUT2D eigenvalue weighted by molar-refractivity contribution is 0.153. The standard InChI is InChI=1S/C10H14FNO/c1-6-3-4-8(5-9(6)11)10(13)7(2)12/h3-5,7,10,13H,12H2,1-2H3/t7-,10-/m0/s1. The third kappa shape index (κ3) is 2.26. The third-order valence-corrected chi connectivity index (χ3v) is 2.04. The lowest BCUT2D eigenvalue weighted by Crippen LogP contribution is -2.24. The number of rotatable bonds is 2. The summed E-state index contributed by atoms with van der Waals surface area (Å²) in [5, 5.41) is 9.52. The third-order valence-electron chi connectivity index (χ3n) is 2.04. The molecule has 0 bridgehead atoms. The van der Waals surface area contributed by atoms with Crippen LogP contribution in [0.5, 0.6) is 0 Å². The monoisotopic (exact) mass is 183 g/mol. The van der Waals surface area contributed by atoms with Crippen LogP contribution in [0, 0.1) is 12.7 Å². The van der Waals surface area contributed by atoms with Crippen LogP contribution in [0.15, 0.2) is 18.2 Å². The Morgan fingerprint density at radius 3 is 2.54 bits per heavy atom. The average Bonchev–Trinajstić information content (AvgIpc) is 2.08. The maximum absolute atomic E-state index is 13.1. The number of nitrogens with two attached hydrogens (primary N) is 1. The van der Waals surface area contributed by atoms with E-state index in [1.165, 1.54) is 6.07 Å². The molecule has 0 aromatic heterocycles. The van der Waals surface area contributed by atoms with Gasteiger partial charge in [-0.15, -0.1) is 0 Å². The smallest absolute Gasteiger partial charge is 0.126 e. The van der Waals surface area contributed by atoms with E-state index in [0.29, 0.717) is 11.1 Å². The Morgan fingerprint density at radius 1 is 1.46 bits per heavy atom. The van der Waals surface area contributed by atoms with Crippen LogP contribution in [0.4, 0.5) is 4.39 Å². The van der Waals surface area contributed by atoms with Gasteiger partial charge >= 0.3 is 0 Å². The van der Waals surface area contributed by atoms with E-state index in [2.05, 4.69) is 0 Å². The molecule has 2 atom stereocenters. The molecular weight excluding hydrogens is 169 g/mol. The van der Waals surface area contributed by atoms with Gasteiger partial charge in [-0.25, -0.2) is 4.39 Å². The fourth-order valence-corrected chi connectivity index (χ4v) is 1.10. The molecular formula is C10H14FNO. The molecule has 1 rings (SSSR count). The summed E-state index contributed by atoms with van der Waals surface area (Å²) in [6, 6.07) is 4.26. The summed E-state index contributed by atoms with van der Waals surface area (Å²) < 4.78 is 13.1. The first kappa shape index (κ1) is 10.2. The van der Waals surface area contributed by atoms with Crippen molar-refractivity contribution in [3.8, 4) is 0 Å². The number of aryl methyl sites for hydroxylation is 1. The number of halogens is 1. The molecule has 1 aromatic rings. The summed E-state index contributed by atoms with van der Waals surface area (Å²) in [6.07, 6.45) is -0.796. The molecule has 0 saturated heterocycles. The fraction of sp³-hybridized carbons (Fsp3) is 0.400. The van der Waals surface area contributed by atoms with E-state index >= 15 is 0 Å². The Kier molecular flexibility index (Phi) is 3.01. The predicted octanol–water partition coefficient (Wildman–Crippen LogP) is 1.51. The molecule has 0 spiro atoms. The average molecular weight is 183 g/mol. The van der Waals surface area contributed by atoms with Crippen LogP contribution in [-0.2, 0) is 0 Å². The highest BCUT2D eigenvalue weighted by atomic mass is 19.1. The Balaban J connectivity index is 2.97. The predicted molar refractivity (Wildman–Crippen MR) is 49.7 cm³/mol. The summed E-state index contributed by atoms with van der Waals surface area (Å²) in [6.45, 7) is 3.36. The number of aliphatic hydroxyl groups is 1. The maximum atomic E-state index is 13.1. The van der Waals surface area contributed by atoms with Crippen molar-refractivity contribution in [1.29, 1.82) is 0 Å². The normalized spacial score (nSPS) is 15.5. The van der Waals surface area contributed by atoms with Crippen molar-refractivity contribution in [2.24, 2.45) is 5.73 Å². The van der Waals surface area contributed by atoms with Crippen molar-refractivity contribution in [2.45, 2.75) is 26.0 Å². The highest BCUT2D eigenvalue weighted by molar-refractivity contribution is 5.25. The Morgan fingerprint density at radius 2 is 2.08 bits per heavy atom. The molecule has 0 radical (unpaired) electrons. The first-order valence-electron chi connectivity index (χ1n) is 4.22. The van der Waals surface area contributed by atoms with E-state index in [1.807, 2.05) is 0 Å². The second kappa shape index (κ2) is 3.85. The lowest BCUT2D eigenvalue weighted by atomic mass is 10.0. The molecule has 13 heavy (non-hydrogen) atoms. The summed E-state index contributed by atoms with van der Waals surface area (Å²) in [4.78, 5) is 0. The number of aliphatic hydroxyl groups excluding tert-OH is 1. The van der Waals surface area contributed by atoms with Crippen molar-refractivity contribution in [3.63, 3.8) is 0 Å². The minimum Gasteiger partial charge on any atom is -0.387 e. The summed E-state index contributed by atoms with van der Waals surface area (Å²) in [7, 11) is 0. The molecule has 0 aliphatic heterocycles. The molecule has 0 unspecified atom stereocenters. The van der Waals surface area contributed by atoms with Gasteiger partial charge in [-0.05, 0) is 31.0 Å². The van der Waals surface area contributed by atoms with E-state index < -0.39 is 6.10 Å². The summed E-state index contributed by atoms with van der Waals surface area (Å²) in [5.41, 5.74) is 6.58. The van der Waals surface area contributed by atoms with Crippen LogP contribution in [0.1, 0.15) is 24.2 Å². The van der Waals surface area contributed by atoms with Crippen LogP contribution >= 0.6 is 0 Å². The molecule has 0 aliphatic rings. The minimum atomic E-state index is -0.796. The molecule has 0 fully saturated rings. The van der Waals surface area contributed by atoms with Crippen molar-refractivity contribution >= 4 is 0 Å². The van der Waals surface area contributed by atoms with Crippen LogP contribution in [0.2, 0.25) is 0 Å². The van der Waals surface area contributed by atoms with Gasteiger partial charge in [0.15, 0.2) is 0 Å². The summed E-state index contributed by atoms with van der Waals surface area (Å²) >= 11 is 0. The maximum Gasteiger partial charge on any atom is 0.126 e. The first-order chi connectivity index (χ1) is 6.02. The fourth-order valence-electron chi connectivity index (χ4n) is 1.10. The van der Waals surface area contributed by atoms with Gasteiger partial charge in [-0.1, -0.05) is 12.1 Å². The van der Waals surface area contributed by atoms with Crippen molar-refractivity contribution in [1.82, 2.24) is 0 Å². The van der Waals surface area contributed by atoms with Gasteiger partial charge < -0.3 is 10.8 Å². The van der Waals surface area contributed by atoms with Gasteiger partial charge in [0.05, 0.1) is 6.10 Å². The van der Waals surface area contributed by atoms with Crippen molar-refractivity contribution in [3.05, 3.63) is 35.1 Å². The number of hydrogen-bond donors (Lipinski definition) is 2. The molecule has 0 amide bonds. The topological polar surface area (TPSA) is 46.2 Å². The van der Waals surface area contributed by atoms with E-state index in [1.54, 1.807) is 26.0 Å². The van der Waals surface area contributed by atoms with Gasteiger partial charge in [-0.2, -0.15) is 0 Å². The van der Waals surface area contributed by atoms with E-state index in [-0.39, 0.29) is 11.9 Å². The van der Waals surface area contributed by atoms with Crippen LogP contribution in [0.25, 0.3) is 0 Å². The largest absolute Gasteiger partial charge is 0.387 e. The zero-order valence-corrected chi connectivity index (χ0v) is 7.79. The molecule has 0 aliphatic carbocycles. The van der Waals surface area contributed by atoms with Gasteiger partial charge in [0.1, 0.15) is 5.82 Å². The molecule has 72 valence electrons. The molecule has 3 heteroatoms. The van der Waals surface area contributed by atoms with Crippen LogP contribution in [0.3, 0.4) is 0 Å². The highest BCUT2D eigenvalue weighted by Crippen LogP contribution is 2.18. The molecule has 0 heterocycles. The lowest BCUT2D eigenvalue weighted by Gasteiger charge is -2.14. The quantitative estimate of drug-likeness (QED) is 0.730. The second-order valence-corrected chi connectivity index (χ2v) is 3.31. The van der Waals surface area contributed by atoms with Crippen molar-refractivity contribution in [2.75, 3.05) is 0 Å². The Hall–Kier alpha value is -0.930. The van der Waals surface area contributed by atoms with Crippen molar-refractivity contribution < 1.29 is 9.50 Å². The Bertz CT molecular complexity index is 299. The highest BCUT2D eigenvalue weighted by Gasteiger charge is 2.13. The molecule has 1 aromatic carbocycles. The van der Waals surface area contributed by atoms with Crippen LogP contribution < -0.4 is 5.73 Å². The SMILES string of the molecule is Cc1ccc([C@@H](O)[C@H](C)N)cc1F. The van der Waals surface area contributed by atoms with Gasteiger partial charge in [0.25, 0.3) is 0 Å². The second-order valence-electron chi connectivity index (χ2n) is 3.31. The van der Waals surface area contributed by atoms with E-state index in [9.17, 15) is 9.50 Å². The molecule has 0 saturated carbocycles. The van der Waals surface area contributed by atoms with Gasteiger partial charge in [-0.3, -0.25) is 0 Å². The zero-order chi connectivity index (χ0) is 10.0. The van der Waals surface area contributed by atoms with E-state index in [0.717, 1.165) is 0 Å². The van der Waals surface area contributed by atoms with Gasteiger partial charge in [0, 0.05) is 6.04 Å². The van der Waals surface area contributed by atoms with Crippen LogP contribution in [-0.4, -0.2) is 11.1 Å².